The minimum absolute atomic E-state index is 0.411. The van der Waals surface area contributed by atoms with Gasteiger partial charge in [-0.15, -0.1) is 0 Å². The van der Waals surface area contributed by atoms with E-state index in [-0.39, 0.29) is 0 Å². The Labute approximate surface area is 60.6 Å². The van der Waals surface area contributed by atoms with Crippen LogP contribution in [0.2, 0.25) is 0 Å². The second kappa shape index (κ2) is 3.21. The molecule has 0 unspecified atom stereocenters. The van der Waals surface area contributed by atoms with Crippen LogP contribution in [0.15, 0.2) is 0 Å². The quantitative estimate of drug-likeness (QED) is 0.543. The van der Waals surface area contributed by atoms with Crippen LogP contribution in [0.4, 0.5) is 0 Å². The summed E-state index contributed by atoms with van der Waals surface area (Å²) in [4.78, 5) is 10.4. The highest BCUT2D eigenvalue weighted by Crippen LogP contribution is 2.12. The summed E-state index contributed by atoms with van der Waals surface area (Å²) in [6.07, 6.45) is 0.517. The molecule has 0 aliphatic heterocycles. The normalized spacial score (nSPS) is 15.0. The lowest BCUT2D eigenvalue weighted by atomic mass is 10.1. The van der Waals surface area contributed by atoms with Crippen molar-refractivity contribution in [3.05, 3.63) is 0 Å². The summed E-state index contributed by atoms with van der Waals surface area (Å²) in [5.41, 5.74) is -0.939. The van der Waals surface area contributed by atoms with E-state index in [1.165, 1.54) is 6.92 Å². The van der Waals surface area contributed by atoms with Crippen molar-refractivity contribution in [2.45, 2.75) is 32.8 Å². The second-order valence-corrected chi connectivity index (χ2v) is 2.29. The van der Waals surface area contributed by atoms with E-state index in [4.69, 9.17) is 10.00 Å². The third kappa shape index (κ3) is 2.49. The van der Waals surface area contributed by atoms with Crippen molar-refractivity contribution in [1.82, 2.24) is 0 Å². The van der Waals surface area contributed by atoms with Crippen LogP contribution in [0.1, 0.15) is 27.2 Å². The monoisotopic (exact) mass is 141 g/mol. The Morgan fingerprint density at radius 1 is 1.80 bits per heavy atom. The van der Waals surface area contributed by atoms with Gasteiger partial charge in [-0.3, -0.25) is 4.79 Å². The van der Waals surface area contributed by atoms with Gasteiger partial charge in [0.15, 0.2) is 5.60 Å². The maximum atomic E-state index is 10.4. The van der Waals surface area contributed by atoms with E-state index in [1.54, 1.807) is 13.8 Å². The molecule has 0 aromatic heterocycles. The topological polar surface area (TPSA) is 50.1 Å². The van der Waals surface area contributed by atoms with E-state index in [9.17, 15) is 4.79 Å². The summed E-state index contributed by atoms with van der Waals surface area (Å²) in [6, 6.07) is 1.92. The Balaban J connectivity index is 4.10. The molecule has 0 amide bonds. The third-order valence-electron chi connectivity index (χ3n) is 1.28. The first kappa shape index (κ1) is 8.96. The van der Waals surface area contributed by atoms with Crippen LogP contribution >= 0.6 is 0 Å². The first-order chi connectivity index (χ1) is 4.54. The van der Waals surface area contributed by atoms with Gasteiger partial charge in [0.25, 0.3) is 0 Å². The second-order valence-electron chi connectivity index (χ2n) is 2.29. The van der Waals surface area contributed by atoms with Crippen molar-refractivity contribution in [2.75, 3.05) is 0 Å². The van der Waals surface area contributed by atoms with Crippen LogP contribution in [0, 0.1) is 11.3 Å². The van der Waals surface area contributed by atoms with E-state index < -0.39 is 11.6 Å². The first-order valence-electron chi connectivity index (χ1n) is 3.15. The predicted octanol–water partition coefficient (Wildman–Crippen LogP) is 1.24. The zero-order chi connectivity index (χ0) is 8.20. The van der Waals surface area contributed by atoms with Crippen molar-refractivity contribution in [1.29, 1.82) is 5.26 Å². The molecule has 0 radical (unpaired) electrons. The Hall–Kier alpha value is -1.04. The predicted molar refractivity (Wildman–Crippen MR) is 36.1 cm³/mol. The average molecular weight is 141 g/mol. The number of carbonyl (C=O) groups is 1. The van der Waals surface area contributed by atoms with Gasteiger partial charge in [0.05, 0.1) is 0 Å². The molecule has 0 aromatic rings. The minimum Gasteiger partial charge on any atom is -0.444 e. The van der Waals surface area contributed by atoms with Gasteiger partial charge in [-0.05, 0) is 13.3 Å². The summed E-state index contributed by atoms with van der Waals surface area (Å²) >= 11 is 0. The summed E-state index contributed by atoms with van der Waals surface area (Å²) in [5, 5.41) is 8.51. The molecule has 56 valence electrons. The number of rotatable bonds is 2. The van der Waals surface area contributed by atoms with Crippen molar-refractivity contribution in [2.24, 2.45) is 0 Å². The number of esters is 1. The lowest BCUT2D eigenvalue weighted by Crippen LogP contribution is -2.27. The Kier molecular flexibility index (Phi) is 2.88. The molecule has 0 rings (SSSR count). The van der Waals surface area contributed by atoms with E-state index in [0.717, 1.165) is 0 Å². The van der Waals surface area contributed by atoms with Crippen molar-refractivity contribution < 1.29 is 9.53 Å². The fraction of sp³-hybridized carbons (Fsp3) is 0.714. The molecule has 0 spiro atoms. The SMILES string of the molecule is CC[C@@](C)(C#N)OC(C)=O. The van der Waals surface area contributed by atoms with Gasteiger partial charge in [0.1, 0.15) is 6.07 Å². The van der Waals surface area contributed by atoms with Crippen LogP contribution in [-0.4, -0.2) is 11.6 Å². The van der Waals surface area contributed by atoms with Gasteiger partial charge in [-0.25, -0.2) is 0 Å². The highest BCUT2D eigenvalue weighted by Gasteiger charge is 2.23. The van der Waals surface area contributed by atoms with Gasteiger partial charge >= 0.3 is 5.97 Å². The average Bonchev–Trinajstić information content (AvgIpc) is 1.87. The van der Waals surface area contributed by atoms with Crippen molar-refractivity contribution >= 4 is 5.97 Å². The summed E-state index contributed by atoms with van der Waals surface area (Å²) < 4.78 is 4.74. The molecule has 0 fully saturated rings. The summed E-state index contributed by atoms with van der Waals surface area (Å²) in [5.74, 6) is -0.411. The van der Waals surface area contributed by atoms with Gasteiger partial charge in [0, 0.05) is 6.92 Å². The molecule has 0 bridgehead atoms. The van der Waals surface area contributed by atoms with Gasteiger partial charge in [-0.1, -0.05) is 6.92 Å². The van der Waals surface area contributed by atoms with E-state index in [0.29, 0.717) is 6.42 Å². The summed E-state index contributed by atoms with van der Waals surface area (Å²) in [6.45, 7) is 4.69. The zero-order valence-corrected chi connectivity index (χ0v) is 6.47. The van der Waals surface area contributed by atoms with Crippen LogP contribution in [0.25, 0.3) is 0 Å². The molecule has 3 nitrogen and oxygen atoms in total. The van der Waals surface area contributed by atoms with Crippen molar-refractivity contribution in [3.63, 3.8) is 0 Å². The van der Waals surface area contributed by atoms with Gasteiger partial charge in [-0.2, -0.15) is 5.26 Å². The van der Waals surface area contributed by atoms with E-state index in [1.807, 2.05) is 6.07 Å². The molecule has 0 aliphatic rings. The molecule has 10 heavy (non-hydrogen) atoms. The molecular weight excluding hydrogens is 130 g/mol. The molecule has 0 aliphatic carbocycles. The first-order valence-corrected chi connectivity index (χ1v) is 3.15. The largest absolute Gasteiger partial charge is 0.444 e. The molecule has 0 aromatic carbocycles. The van der Waals surface area contributed by atoms with Crippen LogP contribution in [-0.2, 0) is 9.53 Å². The summed E-state index contributed by atoms with van der Waals surface area (Å²) in [7, 11) is 0. The molecule has 1 atom stereocenters. The maximum Gasteiger partial charge on any atom is 0.304 e. The minimum atomic E-state index is -0.939. The zero-order valence-electron chi connectivity index (χ0n) is 6.47. The highest BCUT2D eigenvalue weighted by molar-refractivity contribution is 5.66. The number of nitriles is 1. The Morgan fingerprint density at radius 3 is 2.40 bits per heavy atom. The lowest BCUT2D eigenvalue weighted by molar-refractivity contribution is -0.150. The van der Waals surface area contributed by atoms with Gasteiger partial charge < -0.3 is 4.74 Å². The van der Waals surface area contributed by atoms with E-state index >= 15 is 0 Å². The Morgan fingerprint density at radius 2 is 2.30 bits per heavy atom. The number of carbonyl (C=O) groups excluding carboxylic acids is 1. The molecule has 0 saturated heterocycles. The maximum absolute atomic E-state index is 10.4. The molecule has 3 heteroatoms. The molecule has 0 N–H and O–H groups in total. The highest BCUT2D eigenvalue weighted by atomic mass is 16.6. The van der Waals surface area contributed by atoms with Crippen LogP contribution in [0.5, 0.6) is 0 Å². The third-order valence-corrected chi connectivity index (χ3v) is 1.28. The lowest BCUT2D eigenvalue weighted by Gasteiger charge is -2.18. The van der Waals surface area contributed by atoms with Crippen LogP contribution < -0.4 is 0 Å². The molecule has 0 heterocycles. The molecule has 0 saturated carbocycles. The fourth-order valence-electron chi connectivity index (χ4n) is 0.491. The van der Waals surface area contributed by atoms with Gasteiger partial charge in [0.2, 0.25) is 0 Å². The fourth-order valence-corrected chi connectivity index (χ4v) is 0.491. The van der Waals surface area contributed by atoms with Crippen molar-refractivity contribution in [3.8, 4) is 6.07 Å². The standard InChI is InChI=1S/C7H11NO2/c1-4-7(3,5-8)10-6(2)9/h4H2,1-3H3/t7-/m0/s1. The van der Waals surface area contributed by atoms with E-state index in [2.05, 4.69) is 0 Å². The Bertz CT molecular complexity index is 171. The number of hydrogen-bond acceptors (Lipinski definition) is 3. The smallest absolute Gasteiger partial charge is 0.304 e. The number of ether oxygens (including phenoxy) is 1. The number of nitrogens with zero attached hydrogens (tertiary/aromatic N) is 1. The number of hydrogen-bond donors (Lipinski definition) is 0. The molecular formula is C7H11NO2. The van der Waals surface area contributed by atoms with Crippen LogP contribution in [0.3, 0.4) is 0 Å².